The van der Waals surface area contributed by atoms with Crippen LogP contribution in [-0.2, 0) is 11.0 Å². The number of para-hydroxylation sites is 2. The van der Waals surface area contributed by atoms with Gasteiger partial charge in [-0.3, -0.25) is 14.3 Å². The number of allylic oxidation sites excluding steroid dienone is 1. The summed E-state index contributed by atoms with van der Waals surface area (Å²) >= 11 is 0. The minimum absolute atomic E-state index is 0.0928. The summed E-state index contributed by atoms with van der Waals surface area (Å²) < 4.78 is 17.8. The van der Waals surface area contributed by atoms with Crippen LogP contribution in [-0.4, -0.2) is 15.6 Å². The fourth-order valence-corrected chi connectivity index (χ4v) is 4.34. The van der Waals surface area contributed by atoms with Gasteiger partial charge < -0.3 is 14.5 Å². The molecular weight excluding hydrogens is 389 g/mol. The van der Waals surface area contributed by atoms with E-state index in [9.17, 15) is 19.1 Å². The predicted octanol–water partition coefficient (Wildman–Crippen LogP) is 3.67. The maximum absolute atomic E-state index is 13.0. The third-order valence-corrected chi connectivity index (χ3v) is 6.05. The van der Waals surface area contributed by atoms with E-state index >= 15 is 0 Å². The van der Waals surface area contributed by atoms with Gasteiger partial charge in [0.25, 0.3) is 0 Å². The molecule has 0 aromatic heterocycles. The lowest BCUT2D eigenvalue weighted by Crippen LogP contribution is -2.19. The molecule has 1 aliphatic carbocycles. The van der Waals surface area contributed by atoms with Crippen molar-refractivity contribution in [2.75, 3.05) is 4.90 Å². The summed E-state index contributed by atoms with van der Waals surface area (Å²) in [4.78, 5) is 34.0. The summed E-state index contributed by atoms with van der Waals surface area (Å²) in [7, 11) is -4.43. The van der Waals surface area contributed by atoms with Crippen LogP contribution in [0.15, 0.2) is 84.3 Å². The van der Waals surface area contributed by atoms with Gasteiger partial charge in [-0.2, -0.15) is 0 Å². The number of Topliss-reactive ketones (excluding diaryl/α,β-unsaturated/α-hetero) is 1. The van der Waals surface area contributed by atoms with Crippen molar-refractivity contribution in [1.29, 1.82) is 0 Å². The molecule has 0 spiro atoms. The van der Waals surface area contributed by atoms with Crippen molar-refractivity contribution in [1.82, 2.24) is 0 Å². The Bertz CT molecular complexity index is 1240. The van der Waals surface area contributed by atoms with Crippen LogP contribution in [0.4, 0.5) is 11.4 Å². The topological polar surface area (TPSA) is 87.1 Å². The fourth-order valence-electron chi connectivity index (χ4n) is 3.76. The second kappa shape index (κ2) is 6.42. The van der Waals surface area contributed by atoms with Gasteiger partial charge in [0.2, 0.25) is 5.88 Å². The molecule has 7 heteroatoms. The molecule has 1 heterocycles. The Hall–Kier alpha value is -3.18. The third kappa shape index (κ3) is 2.89. The van der Waals surface area contributed by atoms with Gasteiger partial charge in [0.1, 0.15) is 0 Å². The van der Waals surface area contributed by atoms with E-state index in [1.165, 1.54) is 12.1 Å². The lowest BCUT2D eigenvalue weighted by molar-refractivity contribution is 0.103. The average Bonchev–Trinajstić information content (AvgIpc) is 3.25. The van der Waals surface area contributed by atoms with Crippen LogP contribution in [0.1, 0.15) is 15.9 Å². The van der Waals surface area contributed by atoms with Crippen LogP contribution in [0.5, 0.6) is 5.75 Å². The van der Waals surface area contributed by atoms with E-state index in [1.807, 2.05) is 36.4 Å². The lowest BCUT2D eigenvalue weighted by Gasteiger charge is -2.21. The zero-order valence-electron chi connectivity index (χ0n) is 15.1. The number of fused-ring (bicyclic) bond motifs is 2. The van der Waals surface area contributed by atoms with Crippen molar-refractivity contribution in [2.24, 2.45) is 0 Å². The maximum Gasteiger partial charge on any atom is 0.356 e. The summed E-state index contributed by atoms with van der Waals surface area (Å²) in [5.74, 6) is 0.857. The zero-order chi connectivity index (χ0) is 20.2. The number of nitrogens with zero attached hydrogens (tertiary/aromatic N) is 1. The van der Waals surface area contributed by atoms with E-state index in [4.69, 9.17) is 4.74 Å². The molecule has 1 aliphatic heterocycles. The summed E-state index contributed by atoms with van der Waals surface area (Å²) in [5.41, 5.74) is 3.33. The Morgan fingerprint density at radius 3 is 2.48 bits per heavy atom. The number of benzene rings is 3. The van der Waals surface area contributed by atoms with Crippen molar-refractivity contribution in [2.45, 2.75) is 6.42 Å². The van der Waals surface area contributed by atoms with Crippen molar-refractivity contribution in [3.05, 3.63) is 95.4 Å². The first kappa shape index (κ1) is 17.9. The summed E-state index contributed by atoms with van der Waals surface area (Å²) in [6, 6.07) is 20.9. The lowest BCUT2D eigenvalue weighted by atomic mass is 10.1. The van der Waals surface area contributed by atoms with Crippen molar-refractivity contribution < 1.29 is 23.9 Å². The van der Waals surface area contributed by atoms with Gasteiger partial charge in [-0.1, -0.05) is 42.5 Å². The molecular formula is C22H16NO5P. The minimum atomic E-state index is -4.43. The number of ketones is 1. The van der Waals surface area contributed by atoms with Crippen LogP contribution >= 0.6 is 7.60 Å². The van der Waals surface area contributed by atoms with E-state index in [2.05, 4.69) is 0 Å². The number of hydrogen-bond acceptors (Lipinski definition) is 4. The van der Waals surface area contributed by atoms with E-state index in [-0.39, 0.29) is 11.1 Å². The standard InChI is InChI=1S/C22H16NO5P/c24-21-17-9-2-1-6-14(17)12-18(21)22-23(19-10-3-4-11-20(19)28-22)15-7-5-8-16(13-15)29(25,26)27/h1-11,13H,12H2,(H2,25,26,27). The number of hydrogen-bond donors (Lipinski definition) is 2. The highest BCUT2D eigenvalue weighted by molar-refractivity contribution is 7.60. The molecule has 6 nitrogen and oxygen atoms in total. The van der Waals surface area contributed by atoms with E-state index in [1.54, 1.807) is 29.2 Å². The second-order valence-electron chi connectivity index (χ2n) is 6.92. The number of rotatable bonds is 2. The maximum atomic E-state index is 13.0. The van der Waals surface area contributed by atoms with Crippen LogP contribution < -0.4 is 14.9 Å². The Morgan fingerprint density at radius 1 is 0.931 bits per heavy atom. The first-order valence-electron chi connectivity index (χ1n) is 9.02. The van der Waals surface area contributed by atoms with Crippen LogP contribution in [0.3, 0.4) is 0 Å². The molecule has 3 aromatic carbocycles. The van der Waals surface area contributed by atoms with Crippen molar-refractivity contribution in [3.63, 3.8) is 0 Å². The largest absolute Gasteiger partial charge is 0.438 e. The summed E-state index contributed by atoms with van der Waals surface area (Å²) in [6.45, 7) is 0. The van der Waals surface area contributed by atoms with Crippen molar-refractivity contribution in [3.8, 4) is 5.75 Å². The Balaban J connectivity index is 1.70. The summed E-state index contributed by atoms with van der Waals surface area (Å²) in [6.07, 6.45) is 0.438. The van der Waals surface area contributed by atoms with Crippen LogP contribution in [0, 0.1) is 0 Å². The van der Waals surface area contributed by atoms with Gasteiger partial charge in [0.15, 0.2) is 11.5 Å². The highest BCUT2D eigenvalue weighted by Crippen LogP contribution is 2.46. The van der Waals surface area contributed by atoms with Gasteiger partial charge >= 0.3 is 7.60 Å². The van der Waals surface area contributed by atoms with Crippen molar-refractivity contribution >= 4 is 30.1 Å². The van der Waals surface area contributed by atoms with Gasteiger partial charge in [-0.05, 0) is 35.9 Å². The molecule has 144 valence electrons. The summed E-state index contributed by atoms with van der Waals surface area (Å²) in [5, 5.41) is -0.0928. The Kier molecular flexibility index (Phi) is 3.96. The zero-order valence-corrected chi connectivity index (χ0v) is 16.0. The van der Waals surface area contributed by atoms with E-state index < -0.39 is 7.60 Å². The normalized spacial score (nSPS) is 17.9. The molecule has 3 aromatic rings. The monoisotopic (exact) mass is 405 g/mol. The van der Waals surface area contributed by atoms with Gasteiger partial charge in [0, 0.05) is 12.0 Å². The molecule has 0 radical (unpaired) electrons. The number of anilines is 2. The Morgan fingerprint density at radius 2 is 1.69 bits per heavy atom. The first-order chi connectivity index (χ1) is 13.9. The van der Waals surface area contributed by atoms with Gasteiger partial charge in [-0.25, -0.2) is 0 Å². The molecule has 0 fully saturated rings. The minimum Gasteiger partial charge on any atom is -0.438 e. The van der Waals surface area contributed by atoms with Gasteiger partial charge in [0.05, 0.1) is 22.3 Å². The Labute approximate surface area is 166 Å². The SMILES string of the molecule is O=C1C(=C2Oc3ccccc3N2c2cccc(P(=O)(O)O)c2)Cc2ccccc21. The molecule has 0 saturated carbocycles. The number of ether oxygens (including phenoxy) is 1. The number of carbonyl (C=O) groups is 1. The highest BCUT2D eigenvalue weighted by atomic mass is 31.2. The third-order valence-electron chi connectivity index (χ3n) is 5.10. The molecule has 0 amide bonds. The second-order valence-corrected chi connectivity index (χ2v) is 8.52. The number of carbonyl (C=O) groups excluding carboxylic acids is 1. The predicted molar refractivity (Wildman–Crippen MR) is 109 cm³/mol. The molecule has 0 saturated heterocycles. The van der Waals surface area contributed by atoms with E-state index in [0.29, 0.717) is 40.6 Å². The highest BCUT2D eigenvalue weighted by Gasteiger charge is 2.36. The van der Waals surface area contributed by atoms with Crippen LogP contribution in [0.2, 0.25) is 0 Å². The first-order valence-corrected chi connectivity index (χ1v) is 10.6. The smallest absolute Gasteiger partial charge is 0.356 e. The quantitative estimate of drug-likeness (QED) is 0.500. The molecule has 2 N–H and O–H groups in total. The molecule has 0 atom stereocenters. The van der Waals surface area contributed by atoms with E-state index in [0.717, 1.165) is 5.56 Å². The van der Waals surface area contributed by atoms with Gasteiger partial charge in [-0.15, -0.1) is 0 Å². The molecule has 0 bridgehead atoms. The average molecular weight is 405 g/mol. The molecule has 5 rings (SSSR count). The fraction of sp³-hybridized carbons (Fsp3) is 0.0455. The molecule has 2 aliphatic rings. The van der Waals surface area contributed by atoms with Crippen LogP contribution in [0.25, 0.3) is 0 Å². The molecule has 29 heavy (non-hydrogen) atoms. The molecule has 0 unspecified atom stereocenters.